The predicted molar refractivity (Wildman–Crippen MR) is 103 cm³/mol. The average molecular weight is 409 g/mol. The standard InChI is InChI=1S/C18H18Cl2N4O3/c1-11(15-4-2-3-7-21-15)24-17(26)10-22-16(25)9-23-18(27)13-6-5-12(19)8-14(13)20/h2-8,11H,9-10H2,1H3,(H,22,25)(H,23,27)(H,24,26). The van der Waals surface area contributed by atoms with Gasteiger partial charge in [-0.3, -0.25) is 19.4 Å². The van der Waals surface area contributed by atoms with Gasteiger partial charge in [-0.15, -0.1) is 0 Å². The van der Waals surface area contributed by atoms with Gasteiger partial charge in [-0.25, -0.2) is 0 Å². The van der Waals surface area contributed by atoms with Gasteiger partial charge < -0.3 is 16.0 Å². The van der Waals surface area contributed by atoms with Crippen LogP contribution in [0.3, 0.4) is 0 Å². The minimum atomic E-state index is -0.514. The van der Waals surface area contributed by atoms with Gasteiger partial charge in [0, 0.05) is 11.2 Å². The summed E-state index contributed by atoms with van der Waals surface area (Å²) in [5, 5.41) is 8.17. The molecule has 3 amide bonds. The van der Waals surface area contributed by atoms with Gasteiger partial charge in [0.15, 0.2) is 0 Å². The summed E-state index contributed by atoms with van der Waals surface area (Å²) >= 11 is 11.7. The van der Waals surface area contributed by atoms with E-state index in [1.165, 1.54) is 18.2 Å². The van der Waals surface area contributed by atoms with Crippen LogP contribution in [-0.4, -0.2) is 35.8 Å². The monoisotopic (exact) mass is 408 g/mol. The molecule has 9 heteroatoms. The molecule has 0 radical (unpaired) electrons. The summed E-state index contributed by atoms with van der Waals surface area (Å²) in [4.78, 5) is 39.9. The van der Waals surface area contributed by atoms with Crippen molar-refractivity contribution >= 4 is 40.9 Å². The van der Waals surface area contributed by atoms with E-state index in [1.807, 2.05) is 6.07 Å². The number of nitrogens with zero attached hydrogens (tertiary/aromatic N) is 1. The van der Waals surface area contributed by atoms with Crippen LogP contribution in [0.2, 0.25) is 10.0 Å². The summed E-state index contributed by atoms with van der Waals surface area (Å²) in [7, 11) is 0. The summed E-state index contributed by atoms with van der Waals surface area (Å²) < 4.78 is 0. The highest BCUT2D eigenvalue weighted by Crippen LogP contribution is 2.20. The van der Waals surface area contributed by atoms with E-state index >= 15 is 0 Å². The maximum Gasteiger partial charge on any atom is 0.253 e. The number of aromatic nitrogens is 1. The van der Waals surface area contributed by atoms with Crippen molar-refractivity contribution in [1.29, 1.82) is 0 Å². The molecule has 1 atom stereocenters. The van der Waals surface area contributed by atoms with E-state index in [4.69, 9.17) is 23.2 Å². The Bertz CT molecular complexity index is 831. The Morgan fingerprint density at radius 3 is 2.44 bits per heavy atom. The SMILES string of the molecule is CC(NC(=O)CNC(=O)CNC(=O)c1ccc(Cl)cc1Cl)c1ccccn1. The smallest absolute Gasteiger partial charge is 0.253 e. The molecule has 1 unspecified atom stereocenters. The third kappa shape index (κ3) is 6.54. The number of amides is 3. The Morgan fingerprint density at radius 1 is 1.04 bits per heavy atom. The number of carbonyl (C=O) groups is 3. The molecule has 27 heavy (non-hydrogen) atoms. The van der Waals surface area contributed by atoms with E-state index in [0.717, 1.165) is 0 Å². The van der Waals surface area contributed by atoms with Gasteiger partial charge in [-0.2, -0.15) is 0 Å². The molecular formula is C18H18Cl2N4O3. The molecule has 1 heterocycles. The van der Waals surface area contributed by atoms with E-state index < -0.39 is 11.8 Å². The van der Waals surface area contributed by atoms with Crippen LogP contribution in [0, 0.1) is 0 Å². The van der Waals surface area contributed by atoms with Crippen LogP contribution in [0.4, 0.5) is 0 Å². The molecule has 0 saturated heterocycles. The average Bonchev–Trinajstić information content (AvgIpc) is 2.65. The van der Waals surface area contributed by atoms with Crippen molar-refractivity contribution in [3.8, 4) is 0 Å². The van der Waals surface area contributed by atoms with Crippen LogP contribution < -0.4 is 16.0 Å². The highest BCUT2D eigenvalue weighted by atomic mass is 35.5. The normalized spacial score (nSPS) is 11.4. The van der Waals surface area contributed by atoms with Gasteiger partial charge in [-0.1, -0.05) is 29.3 Å². The van der Waals surface area contributed by atoms with Gasteiger partial charge in [-0.05, 0) is 37.3 Å². The molecule has 1 aromatic heterocycles. The molecule has 0 aliphatic carbocycles. The van der Waals surface area contributed by atoms with Crippen LogP contribution in [-0.2, 0) is 9.59 Å². The molecule has 2 aromatic rings. The van der Waals surface area contributed by atoms with Crippen molar-refractivity contribution in [1.82, 2.24) is 20.9 Å². The number of halogens is 2. The zero-order chi connectivity index (χ0) is 19.8. The van der Waals surface area contributed by atoms with E-state index in [2.05, 4.69) is 20.9 Å². The summed E-state index contributed by atoms with van der Waals surface area (Å²) in [6.07, 6.45) is 1.63. The minimum Gasteiger partial charge on any atom is -0.346 e. The van der Waals surface area contributed by atoms with Gasteiger partial charge in [0.1, 0.15) is 0 Å². The molecule has 0 spiro atoms. The number of benzene rings is 1. The van der Waals surface area contributed by atoms with E-state index in [1.54, 1.807) is 25.3 Å². The number of pyridine rings is 1. The number of carbonyl (C=O) groups excluding carboxylic acids is 3. The van der Waals surface area contributed by atoms with Crippen molar-refractivity contribution in [3.05, 3.63) is 63.9 Å². The quantitative estimate of drug-likeness (QED) is 0.652. The topological polar surface area (TPSA) is 100 Å². The highest BCUT2D eigenvalue weighted by molar-refractivity contribution is 6.36. The lowest BCUT2D eigenvalue weighted by atomic mass is 10.2. The maximum atomic E-state index is 12.0. The van der Waals surface area contributed by atoms with E-state index in [9.17, 15) is 14.4 Å². The van der Waals surface area contributed by atoms with Crippen LogP contribution in [0.25, 0.3) is 0 Å². The molecule has 1 aromatic carbocycles. The fraction of sp³-hybridized carbons (Fsp3) is 0.222. The molecule has 7 nitrogen and oxygen atoms in total. The maximum absolute atomic E-state index is 12.0. The molecule has 0 bridgehead atoms. The number of hydrogen-bond donors (Lipinski definition) is 3. The summed E-state index contributed by atoms with van der Waals surface area (Å²) in [5.41, 5.74) is 0.917. The van der Waals surface area contributed by atoms with Gasteiger partial charge in [0.25, 0.3) is 5.91 Å². The molecule has 0 aliphatic rings. The van der Waals surface area contributed by atoms with Gasteiger partial charge in [0.05, 0.1) is 35.4 Å². The second-order valence-corrected chi connectivity index (χ2v) is 6.47. The first kappa shape index (κ1) is 20.7. The first-order chi connectivity index (χ1) is 12.9. The van der Waals surface area contributed by atoms with Crippen LogP contribution in [0.1, 0.15) is 29.0 Å². The number of nitrogens with one attached hydrogen (secondary N) is 3. The van der Waals surface area contributed by atoms with Gasteiger partial charge in [0.2, 0.25) is 11.8 Å². The Hall–Kier alpha value is -2.64. The summed E-state index contributed by atoms with van der Waals surface area (Å²) in [6.45, 7) is 1.28. The van der Waals surface area contributed by atoms with Crippen LogP contribution in [0.5, 0.6) is 0 Å². The van der Waals surface area contributed by atoms with Crippen molar-refractivity contribution in [2.45, 2.75) is 13.0 Å². The lowest BCUT2D eigenvalue weighted by Gasteiger charge is -2.13. The summed E-state index contributed by atoms with van der Waals surface area (Å²) in [5.74, 6) is -1.39. The number of hydrogen-bond acceptors (Lipinski definition) is 4. The third-order valence-electron chi connectivity index (χ3n) is 3.54. The van der Waals surface area contributed by atoms with Gasteiger partial charge >= 0.3 is 0 Å². The minimum absolute atomic E-state index is 0.184. The number of rotatable bonds is 7. The Morgan fingerprint density at radius 2 is 1.78 bits per heavy atom. The van der Waals surface area contributed by atoms with E-state index in [-0.39, 0.29) is 35.6 Å². The molecule has 142 valence electrons. The first-order valence-corrected chi connectivity index (χ1v) is 8.82. The molecule has 0 fully saturated rings. The fourth-order valence-electron chi connectivity index (χ4n) is 2.17. The lowest BCUT2D eigenvalue weighted by molar-refractivity contribution is -0.125. The second-order valence-electron chi connectivity index (χ2n) is 5.63. The fourth-order valence-corrected chi connectivity index (χ4v) is 2.66. The zero-order valence-corrected chi connectivity index (χ0v) is 16.0. The van der Waals surface area contributed by atoms with Crippen LogP contribution >= 0.6 is 23.2 Å². The molecule has 3 N–H and O–H groups in total. The first-order valence-electron chi connectivity index (χ1n) is 8.07. The Balaban J connectivity index is 1.74. The van der Waals surface area contributed by atoms with E-state index in [0.29, 0.717) is 10.7 Å². The molecular weight excluding hydrogens is 391 g/mol. The Labute approximate surface area is 166 Å². The van der Waals surface area contributed by atoms with Crippen molar-refractivity contribution in [3.63, 3.8) is 0 Å². The zero-order valence-electron chi connectivity index (χ0n) is 14.5. The second kappa shape index (κ2) is 9.89. The lowest BCUT2D eigenvalue weighted by Crippen LogP contribution is -2.42. The summed E-state index contributed by atoms with van der Waals surface area (Å²) in [6, 6.07) is 9.53. The van der Waals surface area contributed by atoms with Crippen molar-refractivity contribution in [2.24, 2.45) is 0 Å². The van der Waals surface area contributed by atoms with Crippen LogP contribution in [0.15, 0.2) is 42.6 Å². The highest BCUT2D eigenvalue weighted by Gasteiger charge is 2.14. The molecule has 2 rings (SSSR count). The van der Waals surface area contributed by atoms with Crippen molar-refractivity contribution in [2.75, 3.05) is 13.1 Å². The molecule has 0 aliphatic heterocycles. The Kier molecular flexibility index (Phi) is 7.57. The third-order valence-corrected chi connectivity index (χ3v) is 4.09. The predicted octanol–water partition coefficient (Wildman–Crippen LogP) is 2.11. The van der Waals surface area contributed by atoms with Crippen molar-refractivity contribution < 1.29 is 14.4 Å². The molecule has 0 saturated carbocycles. The largest absolute Gasteiger partial charge is 0.346 e.